The fraction of sp³-hybridized carbons (Fsp3) is 0.118. The van der Waals surface area contributed by atoms with Gasteiger partial charge < -0.3 is 4.74 Å². The van der Waals surface area contributed by atoms with Crippen molar-refractivity contribution in [2.24, 2.45) is 0 Å². The van der Waals surface area contributed by atoms with Gasteiger partial charge in [0.1, 0.15) is 11.6 Å². The Hall–Kier alpha value is -3.62. The maximum Gasteiger partial charge on any atom is 0.270 e. The molecule has 26 heavy (non-hydrogen) atoms. The van der Waals surface area contributed by atoms with E-state index in [9.17, 15) is 24.1 Å². The Morgan fingerprint density at radius 1 is 1.31 bits per heavy atom. The summed E-state index contributed by atoms with van der Waals surface area (Å²) in [6.45, 7) is -0.412. The van der Waals surface area contributed by atoms with Crippen LogP contribution >= 0.6 is 0 Å². The van der Waals surface area contributed by atoms with Gasteiger partial charge in [-0.05, 0) is 24.3 Å². The molecule has 0 spiro atoms. The fourth-order valence-corrected chi connectivity index (χ4v) is 2.51. The third kappa shape index (κ3) is 3.14. The van der Waals surface area contributed by atoms with Gasteiger partial charge in [-0.25, -0.2) is 9.37 Å². The van der Waals surface area contributed by atoms with Gasteiger partial charge >= 0.3 is 0 Å². The number of hydrogen-bond acceptors (Lipinski definition) is 6. The van der Waals surface area contributed by atoms with E-state index in [1.165, 1.54) is 31.6 Å². The Labute approximate surface area is 145 Å². The molecule has 0 radical (unpaired) electrons. The highest BCUT2D eigenvalue weighted by atomic mass is 19.1. The molecule has 0 atom stereocenters. The molecule has 0 saturated carbocycles. The van der Waals surface area contributed by atoms with Gasteiger partial charge in [-0.3, -0.25) is 24.3 Å². The largest absolute Gasteiger partial charge is 0.496 e. The highest BCUT2D eigenvalue weighted by molar-refractivity contribution is 5.98. The minimum Gasteiger partial charge on any atom is -0.496 e. The molecule has 0 bridgehead atoms. The van der Waals surface area contributed by atoms with Gasteiger partial charge in [-0.1, -0.05) is 0 Å². The lowest BCUT2D eigenvalue weighted by molar-refractivity contribution is -0.384. The number of halogens is 1. The molecule has 0 saturated heterocycles. The summed E-state index contributed by atoms with van der Waals surface area (Å²) in [5, 5.41) is 10.9. The Bertz CT molecular complexity index is 1090. The van der Waals surface area contributed by atoms with E-state index in [2.05, 4.69) is 4.98 Å². The highest BCUT2D eigenvalue weighted by Crippen LogP contribution is 2.21. The second-order valence-corrected chi connectivity index (χ2v) is 5.40. The minimum absolute atomic E-state index is 0.0145. The molecule has 0 amide bonds. The average Bonchev–Trinajstić information content (AvgIpc) is 2.63. The SMILES string of the molecule is COc1ccc(F)cc1C(=O)Cn1cnc2ccc([N+](=O)[O-])cc2c1=O. The number of fused-ring (bicyclic) bond motifs is 1. The molecular formula is C17H12FN3O5. The van der Waals surface area contributed by atoms with Crippen LogP contribution in [-0.2, 0) is 6.54 Å². The van der Waals surface area contributed by atoms with Crippen molar-refractivity contribution in [2.45, 2.75) is 6.54 Å². The molecule has 0 fully saturated rings. The molecule has 132 valence electrons. The lowest BCUT2D eigenvalue weighted by Gasteiger charge is -2.09. The van der Waals surface area contributed by atoms with E-state index in [0.29, 0.717) is 0 Å². The standard InChI is InChI=1S/C17H12FN3O5/c1-26-16-5-2-10(18)6-13(16)15(22)8-20-9-19-14-4-3-11(21(24)25)7-12(14)17(20)23/h2-7,9H,8H2,1H3. The molecular weight excluding hydrogens is 345 g/mol. The van der Waals surface area contributed by atoms with Crippen LogP contribution in [0.1, 0.15) is 10.4 Å². The zero-order valence-electron chi connectivity index (χ0n) is 13.5. The number of non-ortho nitro benzene ring substituents is 1. The van der Waals surface area contributed by atoms with Crippen molar-refractivity contribution < 1.29 is 18.8 Å². The summed E-state index contributed by atoms with van der Waals surface area (Å²) in [4.78, 5) is 39.3. The zero-order valence-corrected chi connectivity index (χ0v) is 13.5. The molecule has 1 aromatic heterocycles. The Morgan fingerprint density at radius 2 is 2.08 bits per heavy atom. The Kier molecular flexibility index (Phi) is 4.44. The average molecular weight is 357 g/mol. The number of rotatable bonds is 5. The number of Topliss-reactive ketones (excluding diaryl/α,β-unsaturated/α-hetero) is 1. The molecule has 2 aromatic carbocycles. The molecule has 0 aliphatic heterocycles. The van der Waals surface area contributed by atoms with Gasteiger partial charge in [0.25, 0.3) is 11.2 Å². The van der Waals surface area contributed by atoms with E-state index in [1.807, 2.05) is 0 Å². The number of nitro groups is 1. The van der Waals surface area contributed by atoms with Gasteiger partial charge in [0, 0.05) is 12.1 Å². The van der Waals surface area contributed by atoms with E-state index < -0.39 is 28.6 Å². The second kappa shape index (κ2) is 6.71. The predicted molar refractivity (Wildman–Crippen MR) is 89.9 cm³/mol. The van der Waals surface area contributed by atoms with Crippen molar-refractivity contribution in [2.75, 3.05) is 7.11 Å². The van der Waals surface area contributed by atoms with Crippen LogP contribution < -0.4 is 10.3 Å². The van der Waals surface area contributed by atoms with Crippen molar-refractivity contribution in [3.8, 4) is 5.75 Å². The summed E-state index contributed by atoms with van der Waals surface area (Å²) < 4.78 is 19.5. The van der Waals surface area contributed by atoms with Crippen LogP contribution in [0.2, 0.25) is 0 Å². The van der Waals surface area contributed by atoms with Crippen LogP contribution in [0.4, 0.5) is 10.1 Å². The number of ether oxygens (including phenoxy) is 1. The number of nitrogens with zero attached hydrogens (tertiary/aromatic N) is 3. The second-order valence-electron chi connectivity index (χ2n) is 5.40. The molecule has 3 aromatic rings. The van der Waals surface area contributed by atoms with Crippen molar-refractivity contribution in [1.82, 2.24) is 9.55 Å². The first-order chi connectivity index (χ1) is 12.4. The smallest absolute Gasteiger partial charge is 0.270 e. The number of aromatic nitrogens is 2. The summed E-state index contributed by atoms with van der Waals surface area (Å²) in [5.41, 5.74) is -0.610. The summed E-state index contributed by atoms with van der Waals surface area (Å²) in [6.07, 6.45) is 1.17. The van der Waals surface area contributed by atoms with Crippen LogP contribution in [0.3, 0.4) is 0 Å². The van der Waals surface area contributed by atoms with Crippen LogP contribution in [0.5, 0.6) is 5.75 Å². The first-order valence-corrected chi connectivity index (χ1v) is 7.41. The predicted octanol–water partition coefficient (Wildman–Crippen LogP) is 2.34. The van der Waals surface area contributed by atoms with Crippen molar-refractivity contribution in [1.29, 1.82) is 0 Å². The van der Waals surface area contributed by atoms with E-state index in [1.54, 1.807) is 0 Å². The summed E-state index contributed by atoms with van der Waals surface area (Å²) in [5.74, 6) is -1.00. The first-order valence-electron chi connectivity index (χ1n) is 7.41. The number of hydrogen-bond donors (Lipinski definition) is 0. The number of nitro benzene ring substituents is 1. The third-order valence-corrected chi connectivity index (χ3v) is 3.79. The molecule has 0 N–H and O–H groups in total. The summed E-state index contributed by atoms with van der Waals surface area (Å²) in [6, 6.07) is 7.18. The lowest BCUT2D eigenvalue weighted by atomic mass is 10.1. The normalized spacial score (nSPS) is 10.7. The topological polar surface area (TPSA) is 104 Å². The van der Waals surface area contributed by atoms with Gasteiger partial charge in [-0.2, -0.15) is 0 Å². The van der Waals surface area contributed by atoms with Gasteiger partial charge in [0.05, 0.1) is 41.4 Å². The molecule has 3 rings (SSSR count). The molecule has 0 aliphatic rings. The van der Waals surface area contributed by atoms with Crippen molar-refractivity contribution in [3.05, 3.63) is 74.6 Å². The van der Waals surface area contributed by atoms with Crippen LogP contribution in [0.15, 0.2) is 47.5 Å². The van der Waals surface area contributed by atoms with E-state index in [4.69, 9.17) is 4.74 Å². The van der Waals surface area contributed by atoms with Crippen LogP contribution in [0, 0.1) is 15.9 Å². The van der Waals surface area contributed by atoms with Crippen molar-refractivity contribution >= 4 is 22.4 Å². The molecule has 8 nitrogen and oxygen atoms in total. The third-order valence-electron chi connectivity index (χ3n) is 3.79. The number of benzene rings is 2. The number of ketones is 1. The van der Waals surface area contributed by atoms with E-state index in [-0.39, 0.29) is 27.9 Å². The number of methoxy groups -OCH3 is 1. The molecule has 1 heterocycles. The van der Waals surface area contributed by atoms with Crippen LogP contribution in [0.25, 0.3) is 10.9 Å². The summed E-state index contributed by atoms with van der Waals surface area (Å²) in [7, 11) is 1.34. The van der Waals surface area contributed by atoms with Crippen LogP contribution in [-0.4, -0.2) is 27.4 Å². The van der Waals surface area contributed by atoms with E-state index in [0.717, 1.165) is 22.8 Å². The van der Waals surface area contributed by atoms with Gasteiger partial charge in [0.2, 0.25) is 0 Å². The lowest BCUT2D eigenvalue weighted by Crippen LogP contribution is -2.25. The highest BCUT2D eigenvalue weighted by Gasteiger charge is 2.16. The first kappa shape index (κ1) is 17.2. The summed E-state index contributed by atoms with van der Waals surface area (Å²) >= 11 is 0. The van der Waals surface area contributed by atoms with Gasteiger partial charge in [-0.15, -0.1) is 0 Å². The molecule has 0 unspecified atom stereocenters. The monoisotopic (exact) mass is 357 g/mol. The maximum absolute atomic E-state index is 13.4. The maximum atomic E-state index is 13.4. The quantitative estimate of drug-likeness (QED) is 0.394. The van der Waals surface area contributed by atoms with Crippen molar-refractivity contribution in [3.63, 3.8) is 0 Å². The van der Waals surface area contributed by atoms with E-state index >= 15 is 0 Å². The number of carbonyl (C=O) groups excluding carboxylic acids is 1. The Balaban J connectivity index is 2.02. The molecule has 0 aliphatic carbocycles. The minimum atomic E-state index is -0.626. The number of carbonyl (C=O) groups is 1. The Morgan fingerprint density at radius 3 is 2.77 bits per heavy atom. The fourth-order valence-electron chi connectivity index (χ4n) is 2.51. The zero-order chi connectivity index (χ0) is 18.8. The molecule has 9 heteroatoms. The van der Waals surface area contributed by atoms with Gasteiger partial charge in [0.15, 0.2) is 5.78 Å².